The van der Waals surface area contributed by atoms with Crippen molar-refractivity contribution in [2.45, 2.75) is 45.6 Å². The van der Waals surface area contributed by atoms with Crippen molar-refractivity contribution in [3.8, 4) is 17.2 Å². The number of carboxylic acid groups (broad SMARTS) is 1. The lowest BCUT2D eigenvalue weighted by atomic mass is 9.82. The maximum Gasteiger partial charge on any atom is 0.309 e. The molecule has 2 aliphatic heterocycles. The Morgan fingerprint density at radius 2 is 1.59 bits per heavy atom. The molecule has 234 valence electrons. The van der Waals surface area contributed by atoms with Gasteiger partial charge in [0.25, 0.3) is 0 Å². The van der Waals surface area contributed by atoms with E-state index in [1.54, 1.807) is 0 Å². The number of carbonyl (C=O) groups excluding carboxylic acids is 1. The van der Waals surface area contributed by atoms with Gasteiger partial charge in [0.15, 0.2) is 11.5 Å². The van der Waals surface area contributed by atoms with E-state index in [2.05, 4.69) is 19.2 Å². The van der Waals surface area contributed by atoms with Gasteiger partial charge in [-0.2, -0.15) is 0 Å². The zero-order chi connectivity index (χ0) is 31.1. The van der Waals surface area contributed by atoms with E-state index in [4.69, 9.17) is 18.9 Å². The quantitative estimate of drug-likeness (QED) is 0.248. The average Bonchev–Trinajstić information content (AvgIpc) is 3.42. The first-order chi connectivity index (χ1) is 21.4. The highest BCUT2D eigenvalue weighted by atomic mass is 16.6. The van der Waals surface area contributed by atoms with Crippen LogP contribution in [0.15, 0.2) is 60.7 Å². The summed E-state index contributed by atoms with van der Waals surface area (Å²) in [6.45, 7) is 8.96. The number of benzene rings is 3. The van der Waals surface area contributed by atoms with Crippen LogP contribution in [0.25, 0.3) is 0 Å². The number of nitrogens with zero attached hydrogens (tertiary/aromatic N) is 1. The summed E-state index contributed by atoms with van der Waals surface area (Å²) >= 11 is 0. The van der Waals surface area contributed by atoms with Crippen LogP contribution in [-0.4, -0.2) is 68.0 Å². The second kappa shape index (κ2) is 14.6. The maximum absolute atomic E-state index is 13.6. The van der Waals surface area contributed by atoms with Crippen molar-refractivity contribution in [1.29, 1.82) is 0 Å². The maximum atomic E-state index is 13.6. The molecule has 1 fully saturated rings. The average molecular weight is 603 g/mol. The van der Waals surface area contributed by atoms with Crippen LogP contribution in [0.3, 0.4) is 0 Å². The van der Waals surface area contributed by atoms with E-state index in [0.29, 0.717) is 56.8 Å². The first-order valence-corrected chi connectivity index (χ1v) is 15.5. The predicted molar refractivity (Wildman–Crippen MR) is 168 cm³/mol. The molecule has 1 saturated heterocycles. The van der Waals surface area contributed by atoms with Crippen molar-refractivity contribution in [3.63, 3.8) is 0 Å². The predicted octanol–water partition coefficient (Wildman–Crippen LogP) is 5.48. The molecule has 2 heterocycles. The minimum absolute atomic E-state index is 0.0449. The fourth-order valence-electron chi connectivity index (χ4n) is 6.31. The summed E-state index contributed by atoms with van der Waals surface area (Å²) in [5, 5.41) is 13.8. The van der Waals surface area contributed by atoms with E-state index < -0.39 is 17.9 Å². The topological polar surface area (TPSA) is 107 Å². The van der Waals surface area contributed by atoms with Gasteiger partial charge in [0.1, 0.15) is 25.6 Å². The summed E-state index contributed by atoms with van der Waals surface area (Å²) in [6.07, 6.45) is 1.59. The van der Waals surface area contributed by atoms with Gasteiger partial charge in [0, 0.05) is 30.8 Å². The van der Waals surface area contributed by atoms with E-state index in [1.165, 1.54) is 0 Å². The number of hydrogen-bond donors (Lipinski definition) is 2. The fourth-order valence-corrected chi connectivity index (χ4v) is 6.31. The molecule has 0 aromatic heterocycles. The third-order valence-electron chi connectivity index (χ3n) is 8.41. The Kier molecular flexibility index (Phi) is 10.4. The van der Waals surface area contributed by atoms with Gasteiger partial charge in [-0.1, -0.05) is 50.2 Å². The Hall–Kier alpha value is -4.08. The lowest BCUT2D eigenvalue weighted by Gasteiger charge is -2.27. The van der Waals surface area contributed by atoms with Gasteiger partial charge in [-0.3, -0.25) is 14.5 Å². The second-order valence-corrected chi connectivity index (χ2v) is 11.1. The van der Waals surface area contributed by atoms with Crippen molar-refractivity contribution < 1.29 is 33.6 Å². The molecule has 0 saturated carbocycles. The third-order valence-corrected chi connectivity index (χ3v) is 8.41. The molecule has 0 aliphatic carbocycles. The molecule has 3 atom stereocenters. The number of likely N-dealkylation sites (tertiary alicyclic amines) is 1. The number of nitrogens with one attached hydrogen (secondary N) is 1. The van der Waals surface area contributed by atoms with Gasteiger partial charge < -0.3 is 29.4 Å². The Bertz CT molecular complexity index is 1420. The highest BCUT2D eigenvalue weighted by Crippen LogP contribution is 2.47. The number of rotatable bonds is 13. The van der Waals surface area contributed by atoms with E-state index in [-0.39, 0.29) is 18.4 Å². The van der Waals surface area contributed by atoms with Gasteiger partial charge in [-0.15, -0.1) is 0 Å². The summed E-state index contributed by atoms with van der Waals surface area (Å²) < 4.78 is 22.7. The Morgan fingerprint density at radius 1 is 0.909 bits per heavy atom. The van der Waals surface area contributed by atoms with Gasteiger partial charge >= 0.3 is 5.97 Å². The molecular weight excluding hydrogens is 560 g/mol. The van der Waals surface area contributed by atoms with Gasteiger partial charge in [-0.25, -0.2) is 0 Å². The molecule has 0 spiro atoms. The van der Waals surface area contributed by atoms with Crippen LogP contribution in [0.4, 0.5) is 5.69 Å². The number of anilines is 1. The smallest absolute Gasteiger partial charge is 0.309 e. The van der Waals surface area contributed by atoms with Crippen LogP contribution in [0.2, 0.25) is 0 Å². The molecule has 44 heavy (non-hydrogen) atoms. The Morgan fingerprint density at radius 3 is 2.25 bits per heavy atom. The number of carbonyl (C=O) groups is 2. The van der Waals surface area contributed by atoms with Gasteiger partial charge in [0.05, 0.1) is 19.1 Å². The highest BCUT2D eigenvalue weighted by molar-refractivity contribution is 5.94. The lowest BCUT2D eigenvalue weighted by molar-refractivity contribution is -0.143. The Labute approximate surface area is 259 Å². The number of hydrogen-bond acceptors (Lipinski definition) is 7. The van der Waals surface area contributed by atoms with Crippen molar-refractivity contribution in [2.75, 3.05) is 51.4 Å². The van der Waals surface area contributed by atoms with Crippen molar-refractivity contribution in [1.82, 2.24) is 4.90 Å². The molecule has 9 nitrogen and oxygen atoms in total. The summed E-state index contributed by atoms with van der Waals surface area (Å²) in [6, 6.07) is 18.7. The molecule has 3 aromatic rings. The second-order valence-electron chi connectivity index (χ2n) is 11.1. The van der Waals surface area contributed by atoms with Gasteiger partial charge in [-0.05, 0) is 66.3 Å². The van der Waals surface area contributed by atoms with E-state index in [0.717, 1.165) is 40.8 Å². The lowest BCUT2D eigenvalue weighted by Crippen LogP contribution is -2.35. The molecule has 0 bridgehead atoms. The summed E-state index contributed by atoms with van der Waals surface area (Å²) in [5.74, 6) is -0.329. The molecule has 9 heteroatoms. The number of para-hydroxylation sites is 1. The molecule has 0 radical (unpaired) electrons. The Balaban J connectivity index is 1.45. The SMILES string of the molecule is CCOCCOc1ccc([C@H]2C(C(=O)O)[C@@H](c3ccc4c(c3)OCCO4)CN2CC(=O)Nc2c(CC)cccc2CC)cc1. The third kappa shape index (κ3) is 7.00. The first kappa shape index (κ1) is 31.3. The molecule has 2 aliphatic rings. The standard InChI is InChI=1S/C35H42N2O7/c1-4-23-8-7-9-24(5-2)33(23)36-31(38)22-37-21-28(26-12-15-29-30(20-26)44-19-18-43-29)32(35(39)40)34(37)25-10-13-27(14-11-25)42-17-16-41-6-3/h7-15,20,28,32,34H,4-6,16-19,21-22H2,1-3H3,(H,36,38)(H,39,40)/t28-,32?,34+/m1/s1. The normalized spacial score (nSPS) is 19.5. The minimum atomic E-state index is -0.917. The van der Waals surface area contributed by atoms with E-state index in [9.17, 15) is 14.7 Å². The number of fused-ring (bicyclic) bond motifs is 1. The van der Waals surface area contributed by atoms with Crippen LogP contribution in [0, 0.1) is 5.92 Å². The van der Waals surface area contributed by atoms with Gasteiger partial charge in [0.2, 0.25) is 5.91 Å². The molecule has 5 rings (SSSR count). The fraction of sp³-hybridized carbons (Fsp3) is 0.429. The van der Waals surface area contributed by atoms with Crippen LogP contribution < -0.4 is 19.5 Å². The zero-order valence-corrected chi connectivity index (χ0v) is 25.7. The van der Waals surface area contributed by atoms with Crippen LogP contribution in [-0.2, 0) is 27.2 Å². The largest absolute Gasteiger partial charge is 0.491 e. The number of aryl methyl sites for hydroxylation is 2. The summed E-state index contributed by atoms with van der Waals surface area (Å²) in [5.41, 5.74) is 4.66. The molecule has 3 aromatic carbocycles. The monoisotopic (exact) mass is 602 g/mol. The van der Waals surface area contributed by atoms with E-state index >= 15 is 0 Å². The molecule has 1 unspecified atom stereocenters. The van der Waals surface area contributed by atoms with Crippen molar-refractivity contribution >= 4 is 17.6 Å². The number of ether oxygens (including phenoxy) is 4. The number of amides is 1. The molecule has 2 N–H and O–H groups in total. The zero-order valence-electron chi connectivity index (χ0n) is 25.7. The van der Waals surface area contributed by atoms with Crippen molar-refractivity contribution in [3.05, 3.63) is 82.9 Å². The van der Waals surface area contributed by atoms with Crippen LogP contribution in [0.1, 0.15) is 55.0 Å². The molecule has 1 amide bonds. The number of carboxylic acids is 1. The van der Waals surface area contributed by atoms with Crippen molar-refractivity contribution in [2.24, 2.45) is 5.92 Å². The minimum Gasteiger partial charge on any atom is -0.491 e. The van der Waals surface area contributed by atoms with Crippen LogP contribution in [0.5, 0.6) is 17.2 Å². The summed E-state index contributed by atoms with van der Waals surface area (Å²) in [4.78, 5) is 28.6. The molecular formula is C35H42N2O7. The summed E-state index contributed by atoms with van der Waals surface area (Å²) in [7, 11) is 0. The first-order valence-electron chi connectivity index (χ1n) is 15.5. The highest BCUT2D eigenvalue weighted by Gasteiger charge is 2.48. The van der Waals surface area contributed by atoms with Crippen LogP contribution >= 0.6 is 0 Å². The number of aliphatic carboxylic acids is 1. The van der Waals surface area contributed by atoms with E-state index in [1.807, 2.05) is 72.5 Å².